The van der Waals surface area contributed by atoms with Gasteiger partial charge in [0.2, 0.25) is 15.7 Å². The van der Waals surface area contributed by atoms with E-state index >= 15 is 0 Å². The molecule has 1 aliphatic rings. The van der Waals surface area contributed by atoms with Gasteiger partial charge in [0, 0.05) is 18.8 Å². The molecular formula is C17H19Cl3N6O3. The molecule has 0 spiro atoms. The number of halogens is 3. The Morgan fingerprint density at radius 3 is 2.55 bits per heavy atom. The molecule has 29 heavy (non-hydrogen) atoms. The molecule has 0 saturated carbocycles. The Balaban J connectivity index is 1.57. The van der Waals surface area contributed by atoms with Crippen LogP contribution in [0.15, 0.2) is 30.3 Å². The van der Waals surface area contributed by atoms with Crippen LogP contribution in [-0.2, 0) is 13.3 Å². The molecule has 0 radical (unpaired) electrons. The molecule has 0 unspecified atom stereocenters. The number of carbonyl (C=O) groups excluding carboxylic acids is 1. The Bertz CT molecular complexity index is 816. The number of hydrogen-bond acceptors (Lipinski definition) is 8. The zero-order valence-electron chi connectivity index (χ0n) is 15.3. The minimum absolute atomic E-state index is 0.00392. The number of nitrogens with one attached hydrogen (secondary N) is 2. The third-order valence-corrected chi connectivity index (χ3v) is 4.32. The summed E-state index contributed by atoms with van der Waals surface area (Å²) >= 11 is 17.9. The molecular weight excluding hydrogens is 443 g/mol. The second-order valence-electron chi connectivity index (χ2n) is 5.93. The van der Waals surface area contributed by atoms with Gasteiger partial charge in [0.05, 0.1) is 19.8 Å². The van der Waals surface area contributed by atoms with E-state index in [-0.39, 0.29) is 24.9 Å². The number of nitrogens with zero attached hydrogens (tertiary/aromatic N) is 4. The number of rotatable bonds is 6. The van der Waals surface area contributed by atoms with Gasteiger partial charge in [-0.1, -0.05) is 53.0 Å². The van der Waals surface area contributed by atoms with Crippen LogP contribution in [0.4, 0.5) is 22.4 Å². The van der Waals surface area contributed by atoms with Crippen molar-refractivity contribution < 1.29 is 14.3 Å². The number of alkyl halides is 3. The average Bonchev–Trinajstić information content (AvgIpc) is 2.72. The number of para-hydroxylation sites is 1. The summed E-state index contributed by atoms with van der Waals surface area (Å²) in [6, 6.07) is 9.00. The number of ether oxygens (including phenoxy) is 2. The highest BCUT2D eigenvalue weighted by atomic mass is 35.6. The van der Waals surface area contributed by atoms with Crippen molar-refractivity contribution in [1.29, 1.82) is 0 Å². The maximum Gasteiger partial charge on any atom is 0.411 e. The van der Waals surface area contributed by atoms with Gasteiger partial charge in [0.15, 0.2) is 5.82 Å². The minimum atomic E-state index is -1.80. The zero-order chi connectivity index (χ0) is 20.7. The lowest BCUT2D eigenvalue weighted by atomic mass is 10.3. The second-order valence-corrected chi connectivity index (χ2v) is 8.21. The molecule has 1 aliphatic heterocycles. The predicted octanol–water partition coefficient (Wildman–Crippen LogP) is 3.20. The molecule has 2 N–H and O–H groups in total. The molecule has 2 aromatic rings. The standard InChI is InChI=1S/C17H19Cl3N6O3/c18-17(19,20)13-23-14(25-15(24-13)26-7-10-28-11-8-26)21-6-9-29-16(27)22-12-4-2-1-3-5-12/h1-5H,6-11H2,(H,22,27)(H,21,23,24,25). The van der Waals surface area contributed by atoms with Crippen LogP contribution in [-0.4, -0.2) is 60.5 Å². The van der Waals surface area contributed by atoms with Crippen LogP contribution in [0, 0.1) is 0 Å². The third-order valence-electron chi connectivity index (χ3n) is 3.81. The average molecular weight is 462 g/mol. The number of morpholine rings is 1. The smallest absolute Gasteiger partial charge is 0.411 e. The fourth-order valence-corrected chi connectivity index (χ4v) is 2.71. The Kier molecular flexibility index (Phi) is 7.54. The zero-order valence-corrected chi connectivity index (χ0v) is 17.5. The first-order chi connectivity index (χ1) is 13.9. The Hall–Kier alpha value is -2.07. The van der Waals surface area contributed by atoms with Crippen LogP contribution in [0.25, 0.3) is 0 Å². The van der Waals surface area contributed by atoms with Gasteiger partial charge in [-0.25, -0.2) is 4.79 Å². The predicted molar refractivity (Wildman–Crippen MR) is 112 cm³/mol. The molecule has 1 aromatic heterocycles. The lowest BCUT2D eigenvalue weighted by molar-refractivity contribution is 0.122. The van der Waals surface area contributed by atoms with Crippen LogP contribution in [0.3, 0.4) is 0 Å². The summed E-state index contributed by atoms with van der Waals surface area (Å²) in [5, 5.41) is 5.58. The van der Waals surface area contributed by atoms with Crippen LogP contribution >= 0.6 is 34.8 Å². The normalized spacial score (nSPS) is 14.4. The molecule has 1 amide bonds. The van der Waals surface area contributed by atoms with Gasteiger partial charge in [-0.05, 0) is 12.1 Å². The van der Waals surface area contributed by atoms with Gasteiger partial charge in [-0.15, -0.1) is 0 Å². The van der Waals surface area contributed by atoms with Crippen molar-refractivity contribution in [3.63, 3.8) is 0 Å². The number of amides is 1. The molecule has 12 heteroatoms. The highest BCUT2D eigenvalue weighted by molar-refractivity contribution is 6.66. The lowest BCUT2D eigenvalue weighted by Gasteiger charge is -2.27. The SMILES string of the molecule is O=C(Nc1ccccc1)OCCNc1nc(N2CCOCC2)nc(C(Cl)(Cl)Cl)n1. The second kappa shape index (κ2) is 10.1. The number of hydrogen-bond donors (Lipinski definition) is 2. The Labute approximate surface area is 182 Å². The van der Waals surface area contributed by atoms with Crippen molar-refractivity contribution in [3.8, 4) is 0 Å². The molecule has 1 aromatic carbocycles. The summed E-state index contributed by atoms with van der Waals surface area (Å²) in [6.07, 6.45) is -0.565. The van der Waals surface area contributed by atoms with Crippen LogP contribution < -0.4 is 15.5 Å². The van der Waals surface area contributed by atoms with Crippen LogP contribution in [0.2, 0.25) is 0 Å². The maximum absolute atomic E-state index is 11.8. The number of carbonyl (C=O) groups is 1. The van der Waals surface area contributed by atoms with Gasteiger partial charge in [0.1, 0.15) is 6.61 Å². The molecule has 1 saturated heterocycles. The van der Waals surface area contributed by atoms with E-state index in [0.29, 0.717) is 37.9 Å². The summed E-state index contributed by atoms with van der Waals surface area (Å²) in [4.78, 5) is 26.5. The van der Waals surface area contributed by atoms with Gasteiger partial charge in [-0.3, -0.25) is 5.32 Å². The van der Waals surface area contributed by atoms with E-state index in [1.54, 1.807) is 12.1 Å². The summed E-state index contributed by atoms with van der Waals surface area (Å²) in [5.74, 6) is 0.606. The van der Waals surface area contributed by atoms with Crippen molar-refractivity contribution >= 4 is 58.5 Å². The first kappa shape index (κ1) is 21.6. The maximum atomic E-state index is 11.8. The van der Waals surface area contributed by atoms with Crippen LogP contribution in [0.5, 0.6) is 0 Å². The van der Waals surface area contributed by atoms with Crippen molar-refractivity contribution in [3.05, 3.63) is 36.2 Å². The van der Waals surface area contributed by atoms with E-state index in [9.17, 15) is 4.79 Å². The highest BCUT2D eigenvalue weighted by Crippen LogP contribution is 2.36. The van der Waals surface area contributed by atoms with Crippen molar-refractivity contribution in [2.45, 2.75) is 3.79 Å². The summed E-state index contributed by atoms with van der Waals surface area (Å²) in [6.45, 7) is 2.69. The van der Waals surface area contributed by atoms with E-state index in [4.69, 9.17) is 44.3 Å². The van der Waals surface area contributed by atoms with Gasteiger partial charge >= 0.3 is 6.09 Å². The van der Waals surface area contributed by atoms with Crippen LogP contribution in [0.1, 0.15) is 5.82 Å². The Morgan fingerprint density at radius 2 is 1.86 bits per heavy atom. The monoisotopic (exact) mass is 460 g/mol. The van der Waals surface area contributed by atoms with Crippen molar-refractivity contribution in [2.24, 2.45) is 0 Å². The first-order valence-electron chi connectivity index (χ1n) is 8.80. The summed E-state index contributed by atoms with van der Waals surface area (Å²) in [5.41, 5.74) is 0.644. The number of anilines is 3. The molecule has 0 atom stereocenters. The fraction of sp³-hybridized carbons (Fsp3) is 0.412. The van der Waals surface area contributed by atoms with Crippen molar-refractivity contribution in [1.82, 2.24) is 15.0 Å². The highest BCUT2D eigenvalue weighted by Gasteiger charge is 2.29. The molecule has 0 bridgehead atoms. The molecule has 1 fully saturated rings. The molecule has 0 aliphatic carbocycles. The topological polar surface area (TPSA) is 102 Å². The third kappa shape index (κ3) is 6.74. The fourth-order valence-electron chi connectivity index (χ4n) is 2.46. The number of benzene rings is 1. The van der Waals surface area contributed by atoms with E-state index in [0.717, 1.165) is 0 Å². The van der Waals surface area contributed by atoms with E-state index in [1.807, 2.05) is 23.1 Å². The van der Waals surface area contributed by atoms with Gasteiger partial charge in [-0.2, -0.15) is 15.0 Å². The molecule has 9 nitrogen and oxygen atoms in total. The molecule has 156 valence electrons. The molecule has 2 heterocycles. The first-order valence-corrected chi connectivity index (χ1v) is 9.94. The van der Waals surface area contributed by atoms with Gasteiger partial charge in [0.25, 0.3) is 0 Å². The van der Waals surface area contributed by atoms with E-state index < -0.39 is 9.89 Å². The molecule has 3 rings (SSSR count). The minimum Gasteiger partial charge on any atom is -0.447 e. The van der Waals surface area contributed by atoms with Gasteiger partial charge < -0.3 is 19.7 Å². The Morgan fingerprint density at radius 1 is 1.14 bits per heavy atom. The van der Waals surface area contributed by atoms with E-state index in [2.05, 4.69) is 25.6 Å². The quantitative estimate of drug-likeness (QED) is 0.499. The lowest BCUT2D eigenvalue weighted by Crippen LogP contribution is -2.38. The summed E-state index contributed by atoms with van der Waals surface area (Å²) < 4.78 is 8.66. The van der Waals surface area contributed by atoms with E-state index in [1.165, 1.54) is 0 Å². The van der Waals surface area contributed by atoms with Crippen molar-refractivity contribution in [2.75, 3.05) is 55.0 Å². The number of aromatic nitrogens is 3. The summed E-state index contributed by atoms with van der Waals surface area (Å²) in [7, 11) is 0. The largest absolute Gasteiger partial charge is 0.447 e.